The lowest BCUT2D eigenvalue weighted by Gasteiger charge is -2.12. The number of aromatic hydroxyl groups is 1. The molecule has 96 valence electrons. The summed E-state index contributed by atoms with van der Waals surface area (Å²) >= 11 is 11.8. The van der Waals surface area contributed by atoms with Gasteiger partial charge in [0.2, 0.25) is 0 Å². The van der Waals surface area contributed by atoms with E-state index in [4.69, 9.17) is 23.2 Å². The summed E-state index contributed by atoms with van der Waals surface area (Å²) in [5.41, 5.74) is 0.774. The molecular formula is C11H14Cl2O3S. The molecule has 1 N–H and O–H groups in total. The monoisotopic (exact) mass is 296 g/mol. The molecule has 0 heterocycles. The van der Waals surface area contributed by atoms with Gasteiger partial charge in [0, 0.05) is 10.6 Å². The molecular weight excluding hydrogens is 283 g/mol. The topological polar surface area (TPSA) is 54.4 Å². The van der Waals surface area contributed by atoms with Crippen molar-refractivity contribution in [1.29, 1.82) is 0 Å². The number of phenols is 1. The highest BCUT2D eigenvalue weighted by atomic mass is 35.5. The standard InChI is InChI=1S/C11H14Cl2O3S/c1-6(2)17(15,16)5-8-4-9(12)7(3)10(13)11(8)14/h4,6,14H,5H2,1-3H3. The lowest BCUT2D eigenvalue weighted by Crippen LogP contribution is -2.16. The summed E-state index contributed by atoms with van der Waals surface area (Å²) in [6.07, 6.45) is 0. The Kier molecular flexibility index (Phi) is 4.33. The maximum absolute atomic E-state index is 11.8. The van der Waals surface area contributed by atoms with E-state index in [9.17, 15) is 13.5 Å². The van der Waals surface area contributed by atoms with Crippen LogP contribution in [0.1, 0.15) is 25.0 Å². The number of halogens is 2. The third-order valence-corrected chi connectivity index (χ3v) is 5.58. The van der Waals surface area contributed by atoms with Gasteiger partial charge in [0.1, 0.15) is 5.75 Å². The van der Waals surface area contributed by atoms with Gasteiger partial charge in [-0.2, -0.15) is 0 Å². The molecule has 0 aliphatic heterocycles. The van der Waals surface area contributed by atoms with Crippen LogP contribution in [0.3, 0.4) is 0 Å². The molecule has 0 saturated carbocycles. The third kappa shape index (κ3) is 3.06. The quantitative estimate of drug-likeness (QED) is 0.931. The zero-order valence-corrected chi connectivity index (χ0v) is 12.1. The zero-order chi connectivity index (χ0) is 13.4. The van der Waals surface area contributed by atoms with Crippen LogP contribution in [0.25, 0.3) is 0 Å². The second-order valence-corrected chi connectivity index (χ2v) is 7.50. The van der Waals surface area contributed by atoms with Crippen LogP contribution >= 0.6 is 23.2 Å². The van der Waals surface area contributed by atoms with E-state index in [1.54, 1.807) is 20.8 Å². The highest BCUT2D eigenvalue weighted by molar-refractivity contribution is 7.91. The molecule has 0 aromatic heterocycles. The Morgan fingerprint density at radius 1 is 1.35 bits per heavy atom. The second-order valence-electron chi connectivity index (χ2n) is 4.16. The average Bonchev–Trinajstić information content (AvgIpc) is 2.22. The minimum absolute atomic E-state index is 0.103. The molecule has 0 bridgehead atoms. The second kappa shape index (κ2) is 5.04. The summed E-state index contributed by atoms with van der Waals surface area (Å²) in [5.74, 6) is -0.478. The number of hydrogen-bond acceptors (Lipinski definition) is 3. The van der Waals surface area contributed by atoms with E-state index in [1.165, 1.54) is 6.07 Å². The molecule has 0 unspecified atom stereocenters. The molecule has 0 amide bonds. The van der Waals surface area contributed by atoms with E-state index in [0.717, 1.165) is 0 Å². The van der Waals surface area contributed by atoms with Crippen LogP contribution in [0.15, 0.2) is 6.07 Å². The zero-order valence-electron chi connectivity index (χ0n) is 9.79. The van der Waals surface area contributed by atoms with Crippen LogP contribution in [0.5, 0.6) is 5.75 Å². The molecule has 0 saturated heterocycles. The van der Waals surface area contributed by atoms with Gasteiger partial charge in [-0.25, -0.2) is 8.42 Å². The smallest absolute Gasteiger partial charge is 0.156 e. The first-order valence-electron chi connectivity index (χ1n) is 5.04. The van der Waals surface area contributed by atoms with E-state index in [2.05, 4.69) is 0 Å². The first-order valence-corrected chi connectivity index (χ1v) is 7.52. The molecule has 0 atom stereocenters. The third-order valence-electron chi connectivity index (χ3n) is 2.58. The van der Waals surface area contributed by atoms with Crippen LogP contribution in [-0.4, -0.2) is 18.8 Å². The van der Waals surface area contributed by atoms with Crippen molar-refractivity contribution in [3.05, 3.63) is 27.2 Å². The van der Waals surface area contributed by atoms with Gasteiger partial charge in [0.25, 0.3) is 0 Å². The van der Waals surface area contributed by atoms with E-state index in [-0.39, 0.29) is 22.1 Å². The number of benzene rings is 1. The first kappa shape index (κ1) is 14.6. The van der Waals surface area contributed by atoms with Gasteiger partial charge in [-0.05, 0) is 32.4 Å². The van der Waals surface area contributed by atoms with E-state index in [0.29, 0.717) is 10.6 Å². The fraction of sp³-hybridized carbons (Fsp3) is 0.455. The van der Waals surface area contributed by atoms with Gasteiger partial charge in [0.15, 0.2) is 9.84 Å². The molecule has 1 aromatic rings. The van der Waals surface area contributed by atoms with Gasteiger partial charge in [-0.1, -0.05) is 23.2 Å². The fourth-order valence-corrected chi connectivity index (χ4v) is 2.73. The SMILES string of the molecule is Cc1c(Cl)cc(CS(=O)(=O)C(C)C)c(O)c1Cl. The lowest BCUT2D eigenvalue weighted by atomic mass is 10.1. The predicted molar refractivity (Wildman–Crippen MR) is 70.6 cm³/mol. The van der Waals surface area contributed by atoms with Gasteiger partial charge >= 0.3 is 0 Å². The van der Waals surface area contributed by atoms with Gasteiger partial charge < -0.3 is 5.11 Å². The summed E-state index contributed by atoms with van der Waals surface area (Å²) < 4.78 is 23.5. The molecule has 3 nitrogen and oxygen atoms in total. The molecule has 0 aliphatic carbocycles. The van der Waals surface area contributed by atoms with Crippen molar-refractivity contribution < 1.29 is 13.5 Å². The van der Waals surface area contributed by atoms with Crippen molar-refractivity contribution in [2.24, 2.45) is 0 Å². The minimum Gasteiger partial charge on any atom is -0.506 e. The Morgan fingerprint density at radius 3 is 2.35 bits per heavy atom. The maximum Gasteiger partial charge on any atom is 0.156 e. The molecule has 0 spiro atoms. The van der Waals surface area contributed by atoms with Crippen LogP contribution < -0.4 is 0 Å². The van der Waals surface area contributed by atoms with Crippen molar-refractivity contribution in [3.8, 4) is 5.75 Å². The van der Waals surface area contributed by atoms with E-state index < -0.39 is 15.1 Å². The molecule has 0 radical (unpaired) electrons. The van der Waals surface area contributed by atoms with Crippen LogP contribution in [0.4, 0.5) is 0 Å². The number of sulfone groups is 1. The fourth-order valence-electron chi connectivity index (χ4n) is 1.25. The van der Waals surface area contributed by atoms with Gasteiger partial charge in [-0.15, -0.1) is 0 Å². The highest BCUT2D eigenvalue weighted by Crippen LogP contribution is 2.36. The van der Waals surface area contributed by atoms with Crippen molar-refractivity contribution in [3.63, 3.8) is 0 Å². The van der Waals surface area contributed by atoms with Crippen molar-refractivity contribution >= 4 is 33.0 Å². The highest BCUT2D eigenvalue weighted by Gasteiger charge is 2.21. The molecule has 1 rings (SSSR count). The van der Waals surface area contributed by atoms with E-state index >= 15 is 0 Å². The molecule has 1 aromatic carbocycles. The number of phenolic OH excluding ortho intramolecular Hbond substituents is 1. The average molecular weight is 297 g/mol. The van der Waals surface area contributed by atoms with Crippen LogP contribution in [-0.2, 0) is 15.6 Å². The summed E-state index contributed by atoms with van der Waals surface area (Å²) in [6, 6.07) is 1.44. The lowest BCUT2D eigenvalue weighted by molar-refractivity contribution is 0.469. The summed E-state index contributed by atoms with van der Waals surface area (Å²) in [5, 5.41) is 9.73. The number of hydrogen-bond donors (Lipinski definition) is 1. The molecule has 0 fully saturated rings. The summed E-state index contributed by atoms with van der Waals surface area (Å²) in [6.45, 7) is 4.83. The maximum atomic E-state index is 11.8. The van der Waals surface area contributed by atoms with Crippen molar-refractivity contribution in [2.45, 2.75) is 31.8 Å². The first-order chi connectivity index (χ1) is 7.66. The Labute approximate surface area is 111 Å². The van der Waals surface area contributed by atoms with Crippen LogP contribution in [0, 0.1) is 6.92 Å². The minimum atomic E-state index is -3.30. The van der Waals surface area contributed by atoms with Crippen LogP contribution in [0.2, 0.25) is 10.0 Å². The number of rotatable bonds is 3. The van der Waals surface area contributed by atoms with Gasteiger partial charge in [-0.3, -0.25) is 0 Å². The largest absolute Gasteiger partial charge is 0.506 e. The summed E-state index contributed by atoms with van der Waals surface area (Å²) in [7, 11) is -3.30. The Balaban J connectivity index is 3.27. The van der Waals surface area contributed by atoms with Gasteiger partial charge in [0.05, 0.1) is 16.0 Å². The Hall–Kier alpha value is -0.450. The normalized spacial score (nSPS) is 12.1. The molecule has 17 heavy (non-hydrogen) atoms. The molecule has 0 aliphatic rings. The Bertz CT molecular complexity index is 536. The summed E-state index contributed by atoms with van der Waals surface area (Å²) in [4.78, 5) is 0. The van der Waals surface area contributed by atoms with Crippen molar-refractivity contribution in [1.82, 2.24) is 0 Å². The van der Waals surface area contributed by atoms with E-state index in [1.807, 2.05) is 0 Å². The molecule has 6 heteroatoms. The predicted octanol–water partition coefficient (Wildman–Crippen LogP) is 3.33. The van der Waals surface area contributed by atoms with Crippen molar-refractivity contribution in [2.75, 3.05) is 0 Å². The Morgan fingerprint density at radius 2 is 1.88 bits per heavy atom.